The zero-order valence-corrected chi connectivity index (χ0v) is 11.0. The zero-order valence-electron chi connectivity index (χ0n) is 11.0. The van der Waals surface area contributed by atoms with Crippen molar-refractivity contribution in [1.82, 2.24) is 15.2 Å². The lowest BCUT2D eigenvalue weighted by molar-refractivity contribution is 0.0690. The highest BCUT2D eigenvalue weighted by Crippen LogP contribution is 2.26. The number of benzene rings is 1. The van der Waals surface area contributed by atoms with E-state index in [4.69, 9.17) is 9.52 Å². The number of carbonyl (C=O) groups is 1. The Bertz CT molecular complexity index is 786. The summed E-state index contributed by atoms with van der Waals surface area (Å²) in [6.07, 6.45) is 0. The molecule has 2 heterocycles. The van der Waals surface area contributed by atoms with E-state index in [1.165, 1.54) is 6.07 Å². The normalized spacial score (nSPS) is 11.3. The van der Waals surface area contributed by atoms with Crippen LogP contribution in [-0.4, -0.2) is 26.3 Å². The fourth-order valence-electron chi connectivity index (χ4n) is 1.93. The number of rotatable bonds is 3. The van der Waals surface area contributed by atoms with Crippen LogP contribution in [0.4, 0.5) is 0 Å². The minimum atomic E-state index is -1.03. The second-order valence-electron chi connectivity index (χ2n) is 4.86. The molecule has 6 nitrogen and oxygen atoms in total. The van der Waals surface area contributed by atoms with Gasteiger partial charge in [-0.05, 0) is 24.3 Å². The van der Waals surface area contributed by atoms with Crippen LogP contribution in [0.3, 0.4) is 0 Å². The lowest BCUT2D eigenvalue weighted by Crippen LogP contribution is -1.95. The van der Waals surface area contributed by atoms with Gasteiger partial charge in [-0.3, -0.25) is 5.10 Å². The molecule has 0 saturated carbocycles. The molecule has 0 aliphatic carbocycles. The lowest BCUT2D eigenvalue weighted by Gasteiger charge is -1.94. The van der Waals surface area contributed by atoms with Crippen LogP contribution in [0, 0.1) is 0 Å². The van der Waals surface area contributed by atoms with Crippen molar-refractivity contribution >= 4 is 17.1 Å². The van der Waals surface area contributed by atoms with Crippen LogP contribution in [0.1, 0.15) is 36.1 Å². The molecule has 0 spiro atoms. The van der Waals surface area contributed by atoms with Gasteiger partial charge in [-0.25, -0.2) is 9.78 Å². The summed E-state index contributed by atoms with van der Waals surface area (Å²) in [5, 5.41) is 15.4. The fraction of sp³-hybridized carbons (Fsp3) is 0.214. The Morgan fingerprint density at radius 2 is 2.15 bits per heavy atom. The monoisotopic (exact) mass is 271 g/mol. The summed E-state index contributed by atoms with van der Waals surface area (Å²) >= 11 is 0. The molecule has 0 saturated heterocycles. The minimum Gasteiger partial charge on any atom is -0.477 e. The van der Waals surface area contributed by atoms with Crippen molar-refractivity contribution in [2.45, 2.75) is 19.8 Å². The van der Waals surface area contributed by atoms with E-state index in [0.717, 1.165) is 11.1 Å². The summed E-state index contributed by atoms with van der Waals surface area (Å²) in [7, 11) is 0. The number of aromatic amines is 1. The van der Waals surface area contributed by atoms with Crippen molar-refractivity contribution in [3.8, 4) is 11.3 Å². The van der Waals surface area contributed by atoms with E-state index >= 15 is 0 Å². The van der Waals surface area contributed by atoms with Gasteiger partial charge in [0.1, 0.15) is 11.2 Å². The number of carboxylic acids is 1. The Hall–Kier alpha value is -2.63. The minimum absolute atomic E-state index is 0.0584. The molecule has 3 rings (SSSR count). The number of aromatic nitrogens is 3. The van der Waals surface area contributed by atoms with Crippen LogP contribution in [0.15, 0.2) is 28.7 Å². The molecule has 0 unspecified atom stereocenters. The van der Waals surface area contributed by atoms with Crippen LogP contribution in [0.25, 0.3) is 22.4 Å². The largest absolute Gasteiger partial charge is 0.477 e. The molecular formula is C14H13N3O3. The molecular weight excluding hydrogens is 258 g/mol. The van der Waals surface area contributed by atoms with Gasteiger partial charge in [0.05, 0.1) is 5.69 Å². The smallest absolute Gasteiger partial charge is 0.353 e. The fourth-order valence-corrected chi connectivity index (χ4v) is 1.93. The number of nitrogens with one attached hydrogen (secondary N) is 1. The molecule has 1 aromatic carbocycles. The Morgan fingerprint density at radius 3 is 2.80 bits per heavy atom. The van der Waals surface area contributed by atoms with Crippen molar-refractivity contribution in [2.24, 2.45) is 0 Å². The van der Waals surface area contributed by atoms with Crippen LogP contribution < -0.4 is 0 Å². The summed E-state index contributed by atoms with van der Waals surface area (Å²) in [4.78, 5) is 15.3. The molecule has 20 heavy (non-hydrogen) atoms. The Kier molecular flexibility index (Phi) is 2.78. The number of oxazole rings is 1. The number of carboxylic acid groups (broad SMARTS) is 1. The summed E-state index contributed by atoms with van der Waals surface area (Å²) in [5.41, 5.74) is 2.88. The molecule has 3 aromatic rings. The highest BCUT2D eigenvalue weighted by atomic mass is 16.4. The van der Waals surface area contributed by atoms with Gasteiger partial charge >= 0.3 is 5.97 Å². The summed E-state index contributed by atoms with van der Waals surface area (Å²) in [5.74, 6) is -0.131. The maximum Gasteiger partial charge on any atom is 0.353 e. The number of fused-ring (bicyclic) bond motifs is 1. The first kappa shape index (κ1) is 12.4. The van der Waals surface area contributed by atoms with Crippen molar-refractivity contribution < 1.29 is 14.3 Å². The van der Waals surface area contributed by atoms with E-state index in [2.05, 4.69) is 15.2 Å². The molecule has 6 heteroatoms. The second kappa shape index (κ2) is 4.48. The number of hydrogen-bond donors (Lipinski definition) is 2. The average molecular weight is 271 g/mol. The highest BCUT2D eigenvalue weighted by molar-refractivity contribution is 5.87. The van der Waals surface area contributed by atoms with Gasteiger partial charge in [-0.2, -0.15) is 5.10 Å². The first-order chi connectivity index (χ1) is 9.54. The molecule has 0 aliphatic rings. The SMILES string of the molecule is CC(C)c1nc2cc(-c3cc(C(=O)O)[nH]n3)ccc2o1. The second-order valence-corrected chi connectivity index (χ2v) is 4.86. The van der Waals surface area contributed by atoms with E-state index in [0.29, 0.717) is 17.2 Å². The van der Waals surface area contributed by atoms with Gasteiger partial charge in [0.2, 0.25) is 0 Å². The molecule has 2 aromatic heterocycles. The summed E-state index contributed by atoms with van der Waals surface area (Å²) in [6, 6.07) is 6.98. The van der Waals surface area contributed by atoms with Gasteiger partial charge in [0, 0.05) is 11.5 Å². The standard InChI is InChI=1S/C14H13N3O3/c1-7(2)13-15-10-5-8(3-4-12(10)20-13)9-6-11(14(18)19)17-16-9/h3-7H,1-2H3,(H,16,17)(H,18,19). The number of nitrogens with zero attached hydrogens (tertiary/aromatic N) is 2. The number of H-pyrrole nitrogens is 1. The van der Waals surface area contributed by atoms with Crippen molar-refractivity contribution in [2.75, 3.05) is 0 Å². The molecule has 0 radical (unpaired) electrons. The summed E-state index contributed by atoms with van der Waals surface area (Å²) in [6.45, 7) is 4.02. The third-order valence-electron chi connectivity index (χ3n) is 3.00. The Labute approximate surface area is 114 Å². The lowest BCUT2D eigenvalue weighted by atomic mass is 10.1. The average Bonchev–Trinajstić information content (AvgIpc) is 3.04. The van der Waals surface area contributed by atoms with Crippen LogP contribution in [0.2, 0.25) is 0 Å². The molecule has 0 bridgehead atoms. The molecule has 102 valence electrons. The van der Waals surface area contributed by atoms with E-state index < -0.39 is 5.97 Å². The van der Waals surface area contributed by atoms with E-state index in [1.807, 2.05) is 32.0 Å². The highest BCUT2D eigenvalue weighted by Gasteiger charge is 2.13. The zero-order chi connectivity index (χ0) is 14.3. The van der Waals surface area contributed by atoms with Gasteiger partial charge < -0.3 is 9.52 Å². The topological polar surface area (TPSA) is 92.0 Å². The van der Waals surface area contributed by atoms with Gasteiger partial charge in [-0.1, -0.05) is 13.8 Å². The Balaban J connectivity index is 2.05. The van der Waals surface area contributed by atoms with E-state index in [-0.39, 0.29) is 11.6 Å². The Morgan fingerprint density at radius 1 is 1.35 bits per heavy atom. The van der Waals surface area contributed by atoms with Crippen molar-refractivity contribution in [3.05, 3.63) is 35.9 Å². The third-order valence-corrected chi connectivity index (χ3v) is 3.00. The molecule has 0 fully saturated rings. The van der Waals surface area contributed by atoms with Gasteiger partial charge in [0.15, 0.2) is 11.5 Å². The molecule has 0 aliphatic heterocycles. The quantitative estimate of drug-likeness (QED) is 0.763. The van der Waals surface area contributed by atoms with Crippen molar-refractivity contribution in [3.63, 3.8) is 0 Å². The van der Waals surface area contributed by atoms with E-state index in [9.17, 15) is 4.79 Å². The van der Waals surface area contributed by atoms with E-state index in [1.54, 1.807) is 0 Å². The van der Waals surface area contributed by atoms with Crippen LogP contribution in [0.5, 0.6) is 0 Å². The van der Waals surface area contributed by atoms with Crippen LogP contribution >= 0.6 is 0 Å². The molecule has 0 amide bonds. The maximum absolute atomic E-state index is 10.8. The third kappa shape index (κ3) is 2.05. The number of hydrogen-bond acceptors (Lipinski definition) is 4. The van der Waals surface area contributed by atoms with Gasteiger partial charge in [-0.15, -0.1) is 0 Å². The summed E-state index contributed by atoms with van der Waals surface area (Å²) < 4.78 is 5.63. The first-order valence-electron chi connectivity index (χ1n) is 6.24. The predicted octanol–water partition coefficient (Wildman–Crippen LogP) is 3.04. The van der Waals surface area contributed by atoms with Gasteiger partial charge in [0.25, 0.3) is 0 Å². The molecule has 0 atom stereocenters. The molecule has 2 N–H and O–H groups in total. The van der Waals surface area contributed by atoms with Crippen molar-refractivity contribution in [1.29, 1.82) is 0 Å². The maximum atomic E-state index is 10.8. The predicted molar refractivity (Wildman–Crippen MR) is 72.6 cm³/mol. The first-order valence-corrected chi connectivity index (χ1v) is 6.24. The van der Waals surface area contributed by atoms with Crippen LogP contribution in [-0.2, 0) is 0 Å². The number of aromatic carboxylic acids is 1.